The van der Waals surface area contributed by atoms with Crippen molar-refractivity contribution in [1.82, 2.24) is 15.3 Å². The molecule has 1 aliphatic heterocycles. The quantitative estimate of drug-likeness (QED) is 0.639. The van der Waals surface area contributed by atoms with Gasteiger partial charge in [0.1, 0.15) is 5.15 Å². The summed E-state index contributed by atoms with van der Waals surface area (Å²) in [5.41, 5.74) is 0.933. The highest BCUT2D eigenvalue weighted by Gasteiger charge is 2.15. The van der Waals surface area contributed by atoms with Gasteiger partial charge >= 0.3 is 0 Å². The fourth-order valence-electron chi connectivity index (χ4n) is 1.53. The van der Waals surface area contributed by atoms with Crippen LogP contribution in [0.5, 0.6) is 0 Å². The number of halogens is 1. The number of nitrogens with one attached hydrogen (secondary N) is 1. The van der Waals surface area contributed by atoms with Crippen LogP contribution in [0, 0.1) is 6.92 Å². The summed E-state index contributed by atoms with van der Waals surface area (Å²) in [4.78, 5) is 8.53. The molecule has 1 fully saturated rings. The van der Waals surface area contributed by atoms with E-state index in [-0.39, 0.29) is 0 Å². The Labute approximate surface area is 99.0 Å². The molecule has 0 saturated carbocycles. The highest BCUT2D eigenvalue weighted by Crippen LogP contribution is 2.25. The lowest BCUT2D eigenvalue weighted by atomic mass is 10.2. The third-order valence-electron chi connectivity index (χ3n) is 2.41. The molecule has 0 aromatic carbocycles. The van der Waals surface area contributed by atoms with E-state index in [1.165, 1.54) is 12.8 Å². The molecule has 0 bridgehead atoms. The SMILES string of the molecule is Cc1cnc(SC2CCCNC2)nc1Cl. The topological polar surface area (TPSA) is 37.8 Å². The largest absolute Gasteiger partial charge is 0.316 e. The number of hydrogen-bond donors (Lipinski definition) is 1. The molecule has 2 rings (SSSR count). The van der Waals surface area contributed by atoms with Crippen molar-refractivity contribution in [3.8, 4) is 0 Å². The van der Waals surface area contributed by atoms with Crippen LogP contribution in [-0.4, -0.2) is 28.3 Å². The highest BCUT2D eigenvalue weighted by molar-refractivity contribution is 7.99. The lowest BCUT2D eigenvalue weighted by Gasteiger charge is -2.21. The van der Waals surface area contributed by atoms with Crippen LogP contribution in [0.15, 0.2) is 11.4 Å². The predicted octanol–water partition coefficient (Wildman–Crippen LogP) is 2.28. The number of hydrogen-bond acceptors (Lipinski definition) is 4. The number of nitrogens with zero attached hydrogens (tertiary/aromatic N) is 2. The summed E-state index contributed by atoms with van der Waals surface area (Å²) >= 11 is 7.67. The number of aryl methyl sites for hydroxylation is 1. The first-order valence-corrected chi connectivity index (χ1v) is 6.38. The summed E-state index contributed by atoms with van der Waals surface area (Å²) < 4.78 is 0. The maximum atomic E-state index is 5.95. The van der Waals surface area contributed by atoms with Gasteiger partial charge in [0.05, 0.1) is 0 Å². The van der Waals surface area contributed by atoms with Gasteiger partial charge in [-0.25, -0.2) is 9.97 Å². The van der Waals surface area contributed by atoms with Crippen LogP contribution < -0.4 is 5.32 Å². The molecule has 1 aromatic heterocycles. The van der Waals surface area contributed by atoms with Crippen molar-refractivity contribution in [3.05, 3.63) is 16.9 Å². The number of rotatable bonds is 2. The van der Waals surface area contributed by atoms with E-state index >= 15 is 0 Å². The van der Waals surface area contributed by atoms with E-state index < -0.39 is 0 Å². The van der Waals surface area contributed by atoms with E-state index in [0.717, 1.165) is 23.8 Å². The van der Waals surface area contributed by atoms with Gasteiger partial charge < -0.3 is 5.32 Å². The van der Waals surface area contributed by atoms with Crippen LogP contribution in [0.3, 0.4) is 0 Å². The van der Waals surface area contributed by atoms with E-state index in [2.05, 4.69) is 15.3 Å². The van der Waals surface area contributed by atoms with Gasteiger partial charge in [-0.15, -0.1) is 0 Å². The van der Waals surface area contributed by atoms with Gasteiger partial charge in [-0.3, -0.25) is 0 Å². The second-order valence-corrected chi connectivity index (χ2v) is 5.34. The van der Waals surface area contributed by atoms with Crippen LogP contribution in [0.25, 0.3) is 0 Å². The van der Waals surface area contributed by atoms with E-state index in [9.17, 15) is 0 Å². The Balaban J connectivity index is 2.00. The molecule has 3 nitrogen and oxygen atoms in total. The average molecular weight is 244 g/mol. The average Bonchev–Trinajstić information content (AvgIpc) is 2.25. The molecule has 0 amide bonds. The van der Waals surface area contributed by atoms with Gasteiger partial charge in [0.15, 0.2) is 5.16 Å². The minimum atomic E-state index is 0.566. The van der Waals surface area contributed by atoms with E-state index in [1.54, 1.807) is 18.0 Å². The fraction of sp³-hybridized carbons (Fsp3) is 0.600. The van der Waals surface area contributed by atoms with Crippen molar-refractivity contribution in [1.29, 1.82) is 0 Å². The van der Waals surface area contributed by atoms with E-state index in [0.29, 0.717) is 10.4 Å². The summed E-state index contributed by atoms with van der Waals surface area (Å²) in [5, 5.41) is 5.31. The summed E-state index contributed by atoms with van der Waals surface area (Å²) in [6, 6.07) is 0. The Morgan fingerprint density at radius 3 is 3.13 bits per heavy atom. The molecule has 2 heterocycles. The Morgan fingerprint density at radius 1 is 1.60 bits per heavy atom. The van der Waals surface area contributed by atoms with Crippen molar-refractivity contribution in [2.45, 2.75) is 30.2 Å². The molecule has 0 aliphatic carbocycles. The van der Waals surface area contributed by atoms with Crippen LogP contribution in [0.4, 0.5) is 0 Å². The maximum Gasteiger partial charge on any atom is 0.189 e. The number of aromatic nitrogens is 2. The molecule has 1 atom stereocenters. The van der Waals surface area contributed by atoms with E-state index in [4.69, 9.17) is 11.6 Å². The van der Waals surface area contributed by atoms with Crippen molar-refractivity contribution in [2.75, 3.05) is 13.1 Å². The third kappa shape index (κ3) is 3.06. The molecule has 1 saturated heterocycles. The number of piperidine rings is 1. The summed E-state index contributed by atoms with van der Waals surface area (Å²) in [7, 11) is 0. The van der Waals surface area contributed by atoms with Crippen molar-refractivity contribution in [2.24, 2.45) is 0 Å². The van der Waals surface area contributed by atoms with Crippen molar-refractivity contribution < 1.29 is 0 Å². The molecule has 1 aromatic rings. The van der Waals surface area contributed by atoms with Crippen LogP contribution in [0.2, 0.25) is 5.15 Å². The molecule has 0 radical (unpaired) electrons. The zero-order chi connectivity index (χ0) is 10.7. The Morgan fingerprint density at radius 2 is 2.47 bits per heavy atom. The molecular weight excluding hydrogens is 230 g/mol. The predicted molar refractivity (Wildman–Crippen MR) is 63.5 cm³/mol. The monoisotopic (exact) mass is 243 g/mol. The minimum Gasteiger partial charge on any atom is -0.316 e. The van der Waals surface area contributed by atoms with Gasteiger partial charge in [-0.05, 0) is 26.3 Å². The third-order valence-corrected chi connectivity index (χ3v) is 3.94. The van der Waals surface area contributed by atoms with Crippen molar-refractivity contribution >= 4 is 23.4 Å². The Hall–Kier alpha value is -0.320. The van der Waals surface area contributed by atoms with Gasteiger partial charge in [0.2, 0.25) is 0 Å². The first-order valence-electron chi connectivity index (χ1n) is 5.12. The van der Waals surface area contributed by atoms with E-state index in [1.807, 2.05) is 6.92 Å². The van der Waals surface area contributed by atoms with Gasteiger partial charge in [-0.2, -0.15) is 0 Å². The van der Waals surface area contributed by atoms with Gasteiger partial charge in [0, 0.05) is 23.6 Å². The first-order chi connectivity index (χ1) is 7.25. The molecule has 1 aliphatic rings. The molecule has 15 heavy (non-hydrogen) atoms. The Kier molecular flexibility index (Phi) is 3.83. The summed E-state index contributed by atoms with van der Waals surface area (Å²) in [6.07, 6.45) is 4.25. The highest BCUT2D eigenvalue weighted by atomic mass is 35.5. The second kappa shape index (κ2) is 5.14. The lowest BCUT2D eigenvalue weighted by molar-refractivity contribution is 0.530. The van der Waals surface area contributed by atoms with Crippen LogP contribution in [-0.2, 0) is 0 Å². The fourth-order valence-corrected chi connectivity index (χ4v) is 2.75. The molecule has 1 N–H and O–H groups in total. The molecular formula is C10H14ClN3S. The zero-order valence-electron chi connectivity index (χ0n) is 8.66. The summed E-state index contributed by atoms with van der Waals surface area (Å²) in [6.45, 7) is 4.09. The molecule has 1 unspecified atom stereocenters. The second-order valence-electron chi connectivity index (χ2n) is 3.71. The van der Waals surface area contributed by atoms with Gasteiger partial charge in [-0.1, -0.05) is 23.4 Å². The number of thioether (sulfide) groups is 1. The molecule has 5 heteroatoms. The normalized spacial score (nSPS) is 21.6. The molecule has 0 spiro atoms. The molecule has 82 valence electrons. The van der Waals surface area contributed by atoms with Crippen LogP contribution >= 0.6 is 23.4 Å². The van der Waals surface area contributed by atoms with Crippen molar-refractivity contribution in [3.63, 3.8) is 0 Å². The summed E-state index contributed by atoms with van der Waals surface area (Å²) in [5.74, 6) is 0. The van der Waals surface area contributed by atoms with Gasteiger partial charge in [0.25, 0.3) is 0 Å². The standard InChI is InChI=1S/C10H14ClN3S/c1-7-5-13-10(14-9(7)11)15-8-3-2-4-12-6-8/h5,8,12H,2-4,6H2,1H3. The van der Waals surface area contributed by atoms with Crippen LogP contribution in [0.1, 0.15) is 18.4 Å². The minimum absolute atomic E-state index is 0.566. The maximum absolute atomic E-state index is 5.95. The smallest absolute Gasteiger partial charge is 0.189 e. The zero-order valence-corrected chi connectivity index (χ0v) is 10.2. The lowest BCUT2D eigenvalue weighted by Crippen LogP contribution is -2.31. The first kappa shape index (κ1) is 11.2. The Bertz CT molecular complexity index is 339.